The van der Waals surface area contributed by atoms with Crippen LogP contribution in [0.5, 0.6) is 0 Å². The Labute approximate surface area is 114 Å². The molecule has 0 radical (unpaired) electrons. The number of hydrogen-bond acceptors (Lipinski definition) is 3. The van der Waals surface area contributed by atoms with Crippen LogP contribution >= 0.6 is 0 Å². The Balaban J connectivity index is 0.000000982. The maximum Gasteiger partial charge on any atom is 0.325 e. The summed E-state index contributed by atoms with van der Waals surface area (Å²) in [6.07, 6.45) is 2.72. The molecule has 1 aromatic rings. The highest BCUT2D eigenvalue weighted by molar-refractivity contribution is 5.95. The molecule has 0 bridgehead atoms. The minimum absolute atomic E-state index is 0.137. The number of nitrogens with one attached hydrogen (secondary N) is 1. The predicted octanol–water partition coefficient (Wildman–Crippen LogP) is 2.56. The van der Waals surface area contributed by atoms with Gasteiger partial charge in [0.15, 0.2) is 0 Å². The van der Waals surface area contributed by atoms with Gasteiger partial charge in [-0.2, -0.15) is 0 Å². The van der Waals surface area contributed by atoms with Gasteiger partial charge in [0.25, 0.3) is 5.91 Å². The number of carbonyl (C=O) groups excluding carboxylic acids is 2. The van der Waals surface area contributed by atoms with Gasteiger partial charge in [-0.15, -0.1) is 0 Å². The number of benzene rings is 1. The van der Waals surface area contributed by atoms with Gasteiger partial charge < -0.3 is 10.1 Å². The number of amides is 1. The molecule has 1 rings (SSSR count). The van der Waals surface area contributed by atoms with Crippen molar-refractivity contribution in [3.05, 3.63) is 48.6 Å². The molecule has 0 atom stereocenters. The molecule has 0 aliphatic heterocycles. The van der Waals surface area contributed by atoms with Crippen LogP contribution in [-0.4, -0.2) is 25.0 Å². The van der Waals surface area contributed by atoms with Crippen LogP contribution in [0.2, 0.25) is 0 Å². The van der Waals surface area contributed by atoms with Gasteiger partial charge in [0, 0.05) is 5.56 Å². The Kier molecular flexibility index (Phi) is 9.80. The first-order valence-electron chi connectivity index (χ1n) is 6.25. The zero-order valence-electron chi connectivity index (χ0n) is 11.5. The molecule has 0 aliphatic carbocycles. The van der Waals surface area contributed by atoms with Crippen LogP contribution in [0.1, 0.15) is 30.6 Å². The molecule has 4 heteroatoms. The quantitative estimate of drug-likeness (QED) is 0.656. The van der Waals surface area contributed by atoms with Crippen LogP contribution in [0.25, 0.3) is 0 Å². The zero-order chi connectivity index (χ0) is 14.5. The number of esters is 1. The van der Waals surface area contributed by atoms with Crippen molar-refractivity contribution in [2.24, 2.45) is 0 Å². The summed E-state index contributed by atoms with van der Waals surface area (Å²) < 4.78 is 4.71. The van der Waals surface area contributed by atoms with Crippen LogP contribution in [0.3, 0.4) is 0 Å². The molecule has 0 saturated carbocycles. The number of carbonyl (C=O) groups is 2. The number of rotatable bonds is 5. The van der Waals surface area contributed by atoms with Crippen LogP contribution in [0, 0.1) is 0 Å². The van der Waals surface area contributed by atoms with E-state index >= 15 is 0 Å². The van der Waals surface area contributed by atoms with Gasteiger partial charge in [-0.1, -0.05) is 51.1 Å². The van der Waals surface area contributed by atoms with Crippen molar-refractivity contribution in [3.63, 3.8) is 0 Å². The Hall–Kier alpha value is -2.10. The molecule has 0 spiro atoms. The molecule has 0 heterocycles. The second-order valence-electron chi connectivity index (χ2n) is 3.73. The molecule has 19 heavy (non-hydrogen) atoms. The van der Waals surface area contributed by atoms with Crippen molar-refractivity contribution in [1.29, 1.82) is 0 Å². The van der Waals surface area contributed by atoms with Crippen molar-refractivity contribution >= 4 is 11.9 Å². The molecule has 4 nitrogen and oxygen atoms in total. The molecular formula is C15H21NO3. The molecule has 1 N–H and O–H groups in total. The van der Waals surface area contributed by atoms with Gasteiger partial charge in [0.05, 0.1) is 0 Å². The van der Waals surface area contributed by atoms with Crippen molar-refractivity contribution < 1.29 is 14.3 Å². The lowest BCUT2D eigenvalue weighted by atomic mass is 10.2. The van der Waals surface area contributed by atoms with Crippen molar-refractivity contribution in [2.75, 3.05) is 13.2 Å². The lowest BCUT2D eigenvalue weighted by Crippen LogP contribution is -2.30. The van der Waals surface area contributed by atoms with Crippen molar-refractivity contribution in [3.8, 4) is 0 Å². The normalized spacial score (nSPS) is 8.74. The molecule has 1 amide bonds. The van der Waals surface area contributed by atoms with Crippen molar-refractivity contribution in [2.45, 2.75) is 20.3 Å². The summed E-state index contributed by atoms with van der Waals surface area (Å²) in [5, 5.41) is 2.46. The van der Waals surface area contributed by atoms with E-state index in [1.807, 2.05) is 6.07 Å². The third kappa shape index (κ3) is 8.60. The molecule has 104 valence electrons. The first-order chi connectivity index (χ1) is 9.15. The van der Waals surface area contributed by atoms with Crippen LogP contribution in [0.15, 0.2) is 43.0 Å². The Morgan fingerprint density at radius 2 is 1.84 bits per heavy atom. The maximum absolute atomic E-state index is 11.5. The van der Waals surface area contributed by atoms with E-state index in [0.29, 0.717) is 5.56 Å². The summed E-state index contributed by atoms with van der Waals surface area (Å²) in [6.45, 7) is 7.68. The monoisotopic (exact) mass is 263 g/mol. The summed E-state index contributed by atoms with van der Waals surface area (Å²) in [6, 6.07) is 8.67. The smallest absolute Gasteiger partial charge is 0.325 e. The fourth-order valence-corrected chi connectivity index (χ4v) is 1.05. The van der Waals surface area contributed by atoms with E-state index in [9.17, 15) is 9.59 Å². The molecular weight excluding hydrogens is 242 g/mol. The first-order valence-corrected chi connectivity index (χ1v) is 6.25. The fraction of sp³-hybridized carbons (Fsp3) is 0.333. The minimum Gasteiger partial charge on any atom is -0.460 e. The van der Waals surface area contributed by atoms with E-state index in [-0.39, 0.29) is 19.1 Å². The highest BCUT2D eigenvalue weighted by Crippen LogP contribution is 1.97. The predicted molar refractivity (Wildman–Crippen MR) is 75.9 cm³/mol. The Morgan fingerprint density at radius 1 is 1.26 bits per heavy atom. The molecule has 1 aromatic carbocycles. The fourth-order valence-electron chi connectivity index (χ4n) is 1.05. The lowest BCUT2D eigenvalue weighted by molar-refractivity contribution is -0.141. The van der Waals surface area contributed by atoms with E-state index in [1.165, 1.54) is 12.5 Å². The van der Waals surface area contributed by atoms with Crippen LogP contribution < -0.4 is 5.32 Å². The van der Waals surface area contributed by atoms with Crippen LogP contribution in [0.4, 0.5) is 0 Å². The summed E-state index contributed by atoms with van der Waals surface area (Å²) >= 11 is 0. The number of ether oxygens (including phenoxy) is 1. The summed E-state index contributed by atoms with van der Waals surface area (Å²) in [5.41, 5.74) is 0.513. The molecule has 0 aromatic heterocycles. The molecule has 0 aliphatic rings. The van der Waals surface area contributed by atoms with Gasteiger partial charge in [-0.05, 0) is 12.1 Å². The third-order valence-electron chi connectivity index (χ3n) is 1.79. The highest BCUT2D eigenvalue weighted by Gasteiger charge is 2.07. The van der Waals surface area contributed by atoms with E-state index < -0.39 is 5.97 Å². The van der Waals surface area contributed by atoms with E-state index in [0.717, 1.165) is 0 Å². The average molecular weight is 263 g/mol. The summed E-state index contributed by atoms with van der Waals surface area (Å²) in [7, 11) is 0. The van der Waals surface area contributed by atoms with E-state index in [2.05, 4.69) is 25.7 Å². The van der Waals surface area contributed by atoms with E-state index in [1.54, 1.807) is 24.3 Å². The van der Waals surface area contributed by atoms with Gasteiger partial charge in [0.2, 0.25) is 0 Å². The van der Waals surface area contributed by atoms with Crippen molar-refractivity contribution in [1.82, 2.24) is 5.32 Å². The van der Waals surface area contributed by atoms with Crippen LogP contribution in [-0.2, 0) is 9.53 Å². The zero-order valence-corrected chi connectivity index (χ0v) is 11.5. The maximum atomic E-state index is 11.5. The van der Waals surface area contributed by atoms with Gasteiger partial charge >= 0.3 is 5.97 Å². The lowest BCUT2D eigenvalue weighted by Gasteiger charge is -2.04. The summed E-state index contributed by atoms with van der Waals surface area (Å²) in [4.78, 5) is 22.5. The SMILES string of the molecule is C=CCOC(=O)CNC(=O)c1ccccc1.CCC. The number of hydrogen-bond donors (Lipinski definition) is 1. The Bertz CT molecular complexity index is 388. The topological polar surface area (TPSA) is 55.4 Å². The average Bonchev–Trinajstić information content (AvgIpc) is 2.44. The largest absolute Gasteiger partial charge is 0.460 e. The first kappa shape index (κ1) is 16.9. The highest BCUT2D eigenvalue weighted by atomic mass is 16.5. The molecule has 0 fully saturated rings. The van der Waals surface area contributed by atoms with Gasteiger partial charge in [-0.25, -0.2) is 0 Å². The van der Waals surface area contributed by atoms with Gasteiger partial charge in [0.1, 0.15) is 13.2 Å². The Morgan fingerprint density at radius 3 is 2.37 bits per heavy atom. The second kappa shape index (κ2) is 11.0. The molecule has 0 saturated heterocycles. The van der Waals surface area contributed by atoms with Gasteiger partial charge in [-0.3, -0.25) is 9.59 Å². The third-order valence-corrected chi connectivity index (χ3v) is 1.79. The second-order valence-corrected chi connectivity index (χ2v) is 3.73. The molecule has 0 unspecified atom stereocenters. The van der Waals surface area contributed by atoms with E-state index in [4.69, 9.17) is 4.74 Å². The minimum atomic E-state index is -0.482. The summed E-state index contributed by atoms with van der Waals surface area (Å²) in [5.74, 6) is -0.777. The standard InChI is InChI=1S/C12H13NO3.C3H8/c1-2-8-16-11(14)9-13-12(15)10-6-4-3-5-7-10;1-3-2/h2-7H,1,8-9H2,(H,13,15);3H2,1-2H3.